The van der Waals surface area contributed by atoms with Crippen molar-refractivity contribution in [2.75, 3.05) is 0 Å². The van der Waals surface area contributed by atoms with Crippen LogP contribution in [0.4, 0.5) is 0 Å². The first-order chi connectivity index (χ1) is 9.61. The second kappa shape index (κ2) is 6.35. The van der Waals surface area contributed by atoms with Crippen LogP contribution in [-0.2, 0) is 9.03 Å². The van der Waals surface area contributed by atoms with Crippen molar-refractivity contribution in [1.29, 1.82) is 0 Å². The number of aromatic nitrogens is 2. The molecule has 1 aromatic carbocycles. The number of benzene rings is 1. The SMILES string of the molecule is Cc1ccc(C(SON)(c2cncnc2)C(C)C)cc1. The van der Waals surface area contributed by atoms with Crippen molar-refractivity contribution in [3.8, 4) is 0 Å². The average Bonchev–Trinajstić information content (AvgIpc) is 2.46. The summed E-state index contributed by atoms with van der Waals surface area (Å²) in [7, 11) is 0. The lowest BCUT2D eigenvalue weighted by molar-refractivity contribution is 0.372. The Balaban J connectivity index is 2.61. The van der Waals surface area contributed by atoms with Crippen LogP contribution in [-0.4, -0.2) is 9.97 Å². The Labute approximate surface area is 123 Å². The zero-order valence-corrected chi connectivity index (χ0v) is 12.7. The Morgan fingerprint density at radius 2 is 1.70 bits per heavy atom. The monoisotopic (exact) mass is 289 g/mol. The molecule has 0 radical (unpaired) electrons. The van der Waals surface area contributed by atoms with Crippen LogP contribution in [0.3, 0.4) is 0 Å². The average molecular weight is 289 g/mol. The topological polar surface area (TPSA) is 61.0 Å². The van der Waals surface area contributed by atoms with Crippen LogP contribution in [0.2, 0.25) is 0 Å². The molecule has 5 heteroatoms. The first-order valence-electron chi connectivity index (χ1n) is 6.48. The largest absolute Gasteiger partial charge is 0.244 e. The third kappa shape index (κ3) is 2.70. The van der Waals surface area contributed by atoms with Crippen LogP contribution in [0.1, 0.15) is 30.5 Å². The van der Waals surface area contributed by atoms with E-state index in [0.29, 0.717) is 0 Å². The summed E-state index contributed by atoms with van der Waals surface area (Å²) in [4.78, 5) is 8.27. The molecular weight excluding hydrogens is 270 g/mol. The molecule has 0 saturated heterocycles. The lowest BCUT2D eigenvalue weighted by Gasteiger charge is -2.35. The summed E-state index contributed by atoms with van der Waals surface area (Å²) < 4.78 is 4.54. The van der Waals surface area contributed by atoms with E-state index < -0.39 is 4.75 Å². The van der Waals surface area contributed by atoms with Crippen molar-refractivity contribution < 1.29 is 4.28 Å². The Kier molecular flexibility index (Phi) is 4.75. The van der Waals surface area contributed by atoms with Gasteiger partial charge in [-0.05, 0) is 18.4 Å². The second-order valence-electron chi connectivity index (χ2n) is 5.06. The highest BCUT2D eigenvalue weighted by Crippen LogP contribution is 2.48. The fourth-order valence-corrected chi connectivity index (χ4v) is 3.17. The molecule has 20 heavy (non-hydrogen) atoms. The van der Waals surface area contributed by atoms with Crippen LogP contribution in [0.5, 0.6) is 0 Å². The smallest absolute Gasteiger partial charge is 0.115 e. The maximum atomic E-state index is 5.38. The van der Waals surface area contributed by atoms with Crippen molar-refractivity contribution in [2.24, 2.45) is 11.8 Å². The number of nitrogens with zero attached hydrogens (tertiary/aromatic N) is 2. The normalized spacial score (nSPS) is 14.2. The minimum absolute atomic E-state index is 0.254. The van der Waals surface area contributed by atoms with Crippen LogP contribution in [0.25, 0.3) is 0 Å². The molecule has 0 aliphatic heterocycles. The predicted molar refractivity (Wildman–Crippen MR) is 81.7 cm³/mol. The van der Waals surface area contributed by atoms with Gasteiger partial charge >= 0.3 is 0 Å². The molecule has 2 aromatic rings. The number of nitrogens with two attached hydrogens (primary N) is 1. The minimum atomic E-state index is -0.427. The lowest BCUT2D eigenvalue weighted by Crippen LogP contribution is -2.31. The zero-order chi connectivity index (χ0) is 14.6. The Hall–Kier alpha value is -1.43. The summed E-state index contributed by atoms with van der Waals surface area (Å²) in [6, 6.07) is 8.39. The van der Waals surface area contributed by atoms with Crippen LogP contribution in [0, 0.1) is 12.8 Å². The quantitative estimate of drug-likeness (QED) is 0.676. The highest BCUT2D eigenvalue weighted by molar-refractivity contribution is 7.95. The van der Waals surface area contributed by atoms with E-state index in [-0.39, 0.29) is 5.92 Å². The Morgan fingerprint density at radius 1 is 1.10 bits per heavy atom. The fraction of sp³-hybridized carbons (Fsp3) is 0.333. The summed E-state index contributed by atoms with van der Waals surface area (Å²) in [5.74, 6) is 5.63. The van der Waals surface area contributed by atoms with E-state index in [9.17, 15) is 0 Å². The molecule has 1 aromatic heterocycles. The molecule has 0 aliphatic carbocycles. The summed E-state index contributed by atoms with van der Waals surface area (Å²) in [5.41, 5.74) is 3.33. The van der Waals surface area contributed by atoms with Gasteiger partial charge in [0.1, 0.15) is 6.33 Å². The van der Waals surface area contributed by atoms with Crippen LogP contribution < -0.4 is 5.90 Å². The Bertz CT molecular complexity index is 545. The van der Waals surface area contributed by atoms with Gasteiger partial charge in [0.25, 0.3) is 0 Å². The minimum Gasteiger partial charge on any atom is -0.244 e. The molecule has 0 aliphatic rings. The summed E-state index contributed by atoms with van der Waals surface area (Å²) in [6.07, 6.45) is 5.16. The highest BCUT2D eigenvalue weighted by atomic mass is 32.2. The van der Waals surface area contributed by atoms with Crippen LogP contribution in [0.15, 0.2) is 43.0 Å². The molecule has 4 nitrogen and oxygen atoms in total. The molecule has 2 rings (SSSR count). The zero-order valence-electron chi connectivity index (χ0n) is 11.9. The van der Waals surface area contributed by atoms with Crippen molar-refractivity contribution in [2.45, 2.75) is 25.5 Å². The third-order valence-electron chi connectivity index (χ3n) is 3.46. The summed E-state index contributed by atoms with van der Waals surface area (Å²) in [5, 5.41) is 0. The molecule has 0 spiro atoms. The van der Waals surface area contributed by atoms with Crippen molar-refractivity contribution >= 4 is 12.0 Å². The van der Waals surface area contributed by atoms with E-state index in [1.807, 2.05) is 12.4 Å². The van der Waals surface area contributed by atoms with Crippen LogP contribution >= 0.6 is 12.0 Å². The molecule has 0 fully saturated rings. The fourth-order valence-electron chi connectivity index (χ4n) is 2.39. The molecule has 0 saturated carbocycles. The van der Waals surface area contributed by atoms with Gasteiger partial charge in [0.15, 0.2) is 0 Å². The van der Waals surface area contributed by atoms with Gasteiger partial charge in [-0.1, -0.05) is 43.7 Å². The maximum absolute atomic E-state index is 5.38. The van der Waals surface area contributed by atoms with Gasteiger partial charge in [-0.25, -0.2) is 20.1 Å². The predicted octanol–water partition coefficient (Wildman–Crippen LogP) is 3.22. The number of rotatable bonds is 5. The second-order valence-corrected chi connectivity index (χ2v) is 6.07. The molecule has 1 atom stereocenters. The van der Waals surface area contributed by atoms with Gasteiger partial charge in [0, 0.05) is 30.0 Å². The van der Waals surface area contributed by atoms with Gasteiger partial charge in [0.05, 0.1) is 4.75 Å². The summed E-state index contributed by atoms with van der Waals surface area (Å²) in [6.45, 7) is 6.34. The van der Waals surface area contributed by atoms with Gasteiger partial charge in [-0.2, -0.15) is 0 Å². The van der Waals surface area contributed by atoms with Gasteiger partial charge in [-0.15, -0.1) is 0 Å². The lowest BCUT2D eigenvalue weighted by atomic mass is 9.82. The van der Waals surface area contributed by atoms with Gasteiger partial charge in [-0.3, -0.25) is 0 Å². The molecule has 1 unspecified atom stereocenters. The molecular formula is C15H19N3OS. The highest BCUT2D eigenvalue weighted by Gasteiger charge is 2.40. The van der Waals surface area contributed by atoms with E-state index >= 15 is 0 Å². The van der Waals surface area contributed by atoms with E-state index in [1.54, 1.807) is 0 Å². The van der Waals surface area contributed by atoms with Gasteiger partial charge in [0.2, 0.25) is 0 Å². The standard InChI is InChI=1S/C15H19N3OS/c1-11(2)15(20-19-16,14-8-17-10-18-9-14)13-6-4-12(3)5-7-13/h4-11H,16H2,1-3H3. The first-order valence-corrected chi connectivity index (χ1v) is 7.22. The molecule has 0 bridgehead atoms. The van der Waals surface area contributed by atoms with E-state index in [4.69, 9.17) is 10.2 Å². The van der Waals surface area contributed by atoms with E-state index in [2.05, 4.69) is 55.0 Å². The molecule has 1 heterocycles. The van der Waals surface area contributed by atoms with Gasteiger partial charge < -0.3 is 0 Å². The number of aryl methyl sites for hydroxylation is 1. The maximum Gasteiger partial charge on any atom is 0.115 e. The molecule has 106 valence electrons. The van der Waals surface area contributed by atoms with Crippen molar-refractivity contribution in [1.82, 2.24) is 9.97 Å². The van der Waals surface area contributed by atoms with Crippen molar-refractivity contribution in [3.05, 3.63) is 59.7 Å². The third-order valence-corrected chi connectivity index (χ3v) is 4.76. The molecule has 0 amide bonds. The Morgan fingerprint density at radius 3 is 2.20 bits per heavy atom. The number of hydrogen-bond acceptors (Lipinski definition) is 5. The van der Waals surface area contributed by atoms with E-state index in [1.165, 1.54) is 23.9 Å². The summed E-state index contributed by atoms with van der Waals surface area (Å²) >= 11 is 1.24. The number of hydrogen-bond donors (Lipinski definition) is 1. The van der Waals surface area contributed by atoms with Crippen molar-refractivity contribution in [3.63, 3.8) is 0 Å². The molecule has 2 N–H and O–H groups in total. The first kappa shape index (κ1) is 15.0. The van der Waals surface area contributed by atoms with E-state index in [0.717, 1.165) is 11.1 Å².